The number of amides is 1. The minimum atomic E-state index is -0.0237. The third kappa shape index (κ3) is 4.79. The van der Waals surface area contributed by atoms with Crippen LogP contribution in [-0.2, 0) is 10.5 Å². The third-order valence-electron chi connectivity index (χ3n) is 2.82. The highest BCUT2D eigenvalue weighted by atomic mass is 35.5. The van der Waals surface area contributed by atoms with Gasteiger partial charge >= 0.3 is 0 Å². The first kappa shape index (κ1) is 15.9. The lowest BCUT2D eigenvalue weighted by molar-refractivity contribution is -0.113. The van der Waals surface area contributed by atoms with Gasteiger partial charge in [-0.3, -0.25) is 4.79 Å². The van der Waals surface area contributed by atoms with Crippen LogP contribution in [0, 0.1) is 0 Å². The van der Waals surface area contributed by atoms with Crippen LogP contribution in [0.1, 0.15) is 25.5 Å². The van der Waals surface area contributed by atoms with E-state index in [1.54, 1.807) is 28.7 Å². The number of thioether (sulfide) groups is 1. The fourth-order valence-electron chi connectivity index (χ4n) is 1.89. The zero-order chi connectivity index (χ0) is 15.2. The van der Waals surface area contributed by atoms with Crippen molar-refractivity contribution in [2.75, 3.05) is 11.1 Å². The maximum absolute atomic E-state index is 11.9. The van der Waals surface area contributed by atoms with E-state index in [2.05, 4.69) is 10.4 Å². The first-order chi connectivity index (χ1) is 10.1. The zero-order valence-electron chi connectivity index (χ0n) is 12.0. The molecular formula is C15H18ClN3OS. The summed E-state index contributed by atoms with van der Waals surface area (Å²) >= 11 is 7.49. The number of nitrogens with zero attached hydrogens (tertiary/aromatic N) is 2. The lowest BCUT2D eigenvalue weighted by atomic mass is 10.2. The second kappa shape index (κ2) is 7.52. The number of rotatable bonds is 6. The van der Waals surface area contributed by atoms with Crippen molar-refractivity contribution in [2.24, 2.45) is 0 Å². The molecule has 0 saturated heterocycles. The highest BCUT2D eigenvalue weighted by Gasteiger charge is 2.09. The minimum absolute atomic E-state index is 0.0237. The number of benzene rings is 1. The van der Waals surface area contributed by atoms with Crippen molar-refractivity contribution in [1.29, 1.82) is 0 Å². The summed E-state index contributed by atoms with van der Waals surface area (Å²) in [4.78, 5) is 11.9. The molecule has 0 saturated carbocycles. The van der Waals surface area contributed by atoms with Gasteiger partial charge in [0.05, 0.1) is 11.9 Å². The Bertz CT molecular complexity index is 612. The summed E-state index contributed by atoms with van der Waals surface area (Å²) in [5.74, 6) is 1.87. The van der Waals surface area contributed by atoms with Gasteiger partial charge in [-0.1, -0.05) is 23.7 Å². The Hall–Kier alpha value is -1.46. The first-order valence-electron chi connectivity index (χ1n) is 6.72. The van der Waals surface area contributed by atoms with Crippen LogP contribution in [0.3, 0.4) is 0 Å². The molecule has 21 heavy (non-hydrogen) atoms. The summed E-state index contributed by atoms with van der Waals surface area (Å²) in [5.41, 5.74) is 1.12. The van der Waals surface area contributed by atoms with E-state index < -0.39 is 0 Å². The van der Waals surface area contributed by atoms with Crippen LogP contribution in [0.15, 0.2) is 36.5 Å². The van der Waals surface area contributed by atoms with Crippen LogP contribution in [-0.4, -0.2) is 21.4 Å². The van der Waals surface area contributed by atoms with Gasteiger partial charge in [0.2, 0.25) is 5.91 Å². The number of carbonyl (C=O) groups is 1. The monoisotopic (exact) mass is 323 g/mol. The van der Waals surface area contributed by atoms with E-state index >= 15 is 0 Å². The Labute approximate surface area is 133 Å². The van der Waals surface area contributed by atoms with Crippen molar-refractivity contribution in [3.63, 3.8) is 0 Å². The molecule has 1 heterocycles. The van der Waals surface area contributed by atoms with E-state index in [0.717, 1.165) is 22.2 Å². The molecule has 1 aromatic heterocycles. The van der Waals surface area contributed by atoms with Gasteiger partial charge in [-0.25, -0.2) is 4.68 Å². The van der Waals surface area contributed by atoms with Crippen LogP contribution in [0.25, 0.3) is 0 Å². The summed E-state index contributed by atoms with van der Waals surface area (Å²) in [6.07, 6.45) is 1.69. The molecule has 0 fully saturated rings. The number of hydrogen-bond acceptors (Lipinski definition) is 3. The van der Waals surface area contributed by atoms with Crippen molar-refractivity contribution < 1.29 is 4.79 Å². The summed E-state index contributed by atoms with van der Waals surface area (Å²) in [7, 11) is 0. The first-order valence-corrected chi connectivity index (χ1v) is 8.25. The predicted molar refractivity (Wildman–Crippen MR) is 88.9 cm³/mol. The van der Waals surface area contributed by atoms with E-state index in [4.69, 9.17) is 11.6 Å². The number of anilines is 1. The minimum Gasteiger partial charge on any atom is -0.310 e. The third-order valence-corrected chi connectivity index (χ3v) is 4.06. The van der Waals surface area contributed by atoms with Crippen LogP contribution in [0.4, 0.5) is 5.82 Å². The van der Waals surface area contributed by atoms with Crippen molar-refractivity contribution >= 4 is 35.1 Å². The molecule has 0 aliphatic heterocycles. The number of nitrogens with one attached hydrogen (secondary N) is 1. The SMILES string of the molecule is CC(C)n1nccc1NC(=O)CSCc1cccc(Cl)c1. The van der Waals surface area contributed by atoms with Crippen molar-refractivity contribution in [3.8, 4) is 0 Å². The fraction of sp³-hybridized carbons (Fsp3) is 0.333. The summed E-state index contributed by atoms with van der Waals surface area (Å²) in [6.45, 7) is 4.05. The molecule has 0 radical (unpaired) electrons. The van der Waals surface area contributed by atoms with Gasteiger partial charge in [0.1, 0.15) is 5.82 Å². The summed E-state index contributed by atoms with van der Waals surface area (Å²) in [5, 5.41) is 7.79. The van der Waals surface area contributed by atoms with Crippen LogP contribution in [0.2, 0.25) is 5.02 Å². The molecule has 0 aliphatic carbocycles. The Balaban J connectivity index is 1.81. The lowest BCUT2D eigenvalue weighted by Crippen LogP contribution is -2.18. The Kier molecular flexibility index (Phi) is 5.70. The van der Waals surface area contributed by atoms with Gasteiger partial charge in [0, 0.05) is 22.9 Å². The molecule has 2 aromatic rings. The number of aromatic nitrogens is 2. The van der Waals surface area contributed by atoms with E-state index in [9.17, 15) is 4.79 Å². The molecule has 0 aliphatic rings. The Morgan fingerprint density at radius 2 is 2.24 bits per heavy atom. The van der Waals surface area contributed by atoms with Gasteiger partial charge in [0.15, 0.2) is 0 Å². The summed E-state index contributed by atoms with van der Waals surface area (Å²) in [6, 6.07) is 9.70. The van der Waals surface area contributed by atoms with Crippen LogP contribution in [0.5, 0.6) is 0 Å². The second-order valence-corrected chi connectivity index (χ2v) is 6.35. The molecule has 1 N–H and O–H groups in total. The molecule has 0 atom stereocenters. The van der Waals surface area contributed by atoms with Gasteiger partial charge in [-0.15, -0.1) is 11.8 Å². The Morgan fingerprint density at radius 3 is 2.95 bits per heavy atom. The second-order valence-electron chi connectivity index (χ2n) is 4.93. The normalized spacial score (nSPS) is 10.9. The number of halogens is 1. The van der Waals surface area contributed by atoms with E-state index in [1.165, 1.54) is 0 Å². The van der Waals surface area contributed by atoms with E-state index in [-0.39, 0.29) is 11.9 Å². The number of hydrogen-bond donors (Lipinski definition) is 1. The Morgan fingerprint density at radius 1 is 1.43 bits per heavy atom. The average molecular weight is 324 g/mol. The van der Waals surface area contributed by atoms with Gasteiger partial charge in [0.25, 0.3) is 0 Å². The molecular weight excluding hydrogens is 306 g/mol. The smallest absolute Gasteiger partial charge is 0.235 e. The van der Waals surface area contributed by atoms with E-state index in [0.29, 0.717) is 5.75 Å². The largest absolute Gasteiger partial charge is 0.310 e. The maximum atomic E-state index is 11.9. The highest BCUT2D eigenvalue weighted by molar-refractivity contribution is 7.99. The van der Waals surface area contributed by atoms with E-state index in [1.807, 2.05) is 38.1 Å². The standard InChI is InChI=1S/C15H18ClN3OS/c1-11(2)19-14(6-7-17-19)18-15(20)10-21-9-12-4-3-5-13(16)8-12/h3-8,11H,9-10H2,1-2H3,(H,18,20). The van der Waals surface area contributed by atoms with Gasteiger partial charge in [-0.2, -0.15) is 5.10 Å². The predicted octanol–water partition coefficient (Wildman–Crippen LogP) is 3.99. The highest BCUT2D eigenvalue weighted by Crippen LogP contribution is 2.17. The van der Waals surface area contributed by atoms with Gasteiger partial charge in [-0.05, 0) is 31.5 Å². The average Bonchev–Trinajstić information content (AvgIpc) is 2.87. The van der Waals surface area contributed by atoms with Crippen molar-refractivity contribution in [2.45, 2.75) is 25.6 Å². The fourth-order valence-corrected chi connectivity index (χ4v) is 2.88. The molecule has 2 rings (SSSR count). The molecule has 0 bridgehead atoms. The van der Waals surface area contributed by atoms with Crippen molar-refractivity contribution in [3.05, 3.63) is 47.1 Å². The molecule has 0 spiro atoms. The summed E-state index contributed by atoms with van der Waals surface area (Å²) < 4.78 is 1.79. The number of carbonyl (C=O) groups excluding carboxylic acids is 1. The quantitative estimate of drug-likeness (QED) is 0.874. The molecule has 1 aromatic carbocycles. The molecule has 112 valence electrons. The lowest BCUT2D eigenvalue weighted by Gasteiger charge is -2.11. The maximum Gasteiger partial charge on any atom is 0.235 e. The molecule has 4 nitrogen and oxygen atoms in total. The van der Waals surface area contributed by atoms with Crippen LogP contribution >= 0.6 is 23.4 Å². The van der Waals surface area contributed by atoms with Gasteiger partial charge < -0.3 is 5.32 Å². The topological polar surface area (TPSA) is 46.9 Å². The molecule has 0 unspecified atom stereocenters. The zero-order valence-corrected chi connectivity index (χ0v) is 13.6. The molecule has 6 heteroatoms. The van der Waals surface area contributed by atoms with Crippen molar-refractivity contribution in [1.82, 2.24) is 9.78 Å². The molecule has 1 amide bonds. The van der Waals surface area contributed by atoms with Crippen LogP contribution < -0.4 is 5.32 Å².